The van der Waals surface area contributed by atoms with E-state index in [9.17, 15) is 4.79 Å². The van der Waals surface area contributed by atoms with Gasteiger partial charge in [0, 0.05) is 12.5 Å². The van der Waals surface area contributed by atoms with Crippen LogP contribution in [0.25, 0.3) is 33.9 Å². The summed E-state index contributed by atoms with van der Waals surface area (Å²) in [5, 5.41) is 9.16. The molecule has 0 aliphatic heterocycles. The lowest BCUT2D eigenvalue weighted by atomic mass is 10.1. The highest BCUT2D eigenvalue weighted by molar-refractivity contribution is 5.91. The Balaban J connectivity index is 1.88. The number of hydrogen-bond acceptors (Lipinski definition) is 8. The van der Waals surface area contributed by atoms with Crippen molar-refractivity contribution in [1.82, 2.24) is 35.1 Å². The molecule has 0 radical (unpaired) electrons. The molecule has 0 saturated carbocycles. The summed E-state index contributed by atoms with van der Waals surface area (Å²) in [7, 11) is 1.61. The topological polar surface area (TPSA) is 131 Å². The molecular formula is C17H14N8O2. The minimum atomic E-state index is -0.291. The second-order valence-electron chi connectivity index (χ2n) is 5.57. The van der Waals surface area contributed by atoms with Crippen molar-refractivity contribution in [3.63, 3.8) is 0 Å². The number of aromatic amines is 1. The largest absolute Gasteiger partial charge is 0.497 e. The molecule has 4 rings (SSSR count). The van der Waals surface area contributed by atoms with Gasteiger partial charge in [0.2, 0.25) is 11.9 Å². The molecule has 1 aromatic carbocycles. The fraction of sp³-hybridized carbons (Fsp3) is 0.118. The van der Waals surface area contributed by atoms with E-state index in [0.717, 1.165) is 11.3 Å². The number of carbonyl (C=O) groups is 1. The van der Waals surface area contributed by atoms with Gasteiger partial charge in [0.25, 0.3) is 0 Å². The highest BCUT2D eigenvalue weighted by Gasteiger charge is 2.16. The van der Waals surface area contributed by atoms with Crippen LogP contribution in [0, 0.1) is 0 Å². The number of nitrogens with zero attached hydrogens (tertiary/aromatic N) is 6. The van der Waals surface area contributed by atoms with Gasteiger partial charge in [0.15, 0.2) is 11.5 Å². The number of amides is 1. The first-order chi connectivity index (χ1) is 13.1. The summed E-state index contributed by atoms with van der Waals surface area (Å²) in [6.45, 7) is 1.38. The first-order valence-corrected chi connectivity index (χ1v) is 7.96. The number of anilines is 1. The van der Waals surface area contributed by atoms with Crippen LogP contribution in [0.1, 0.15) is 6.92 Å². The maximum absolute atomic E-state index is 11.4. The van der Waals surface area contributed by atoms with E-state index in [4.69, 9.17) is 4.74 Å². The first kappa shape index (κ1) is 16.5. The molecule has 3 heterocycles. The van der Waals surface area contributed by atoms with Crippen molar-refractivity contribution in [3.8, 4) is 28.5 Å². The van der Waals surface area contributed by atoms with E-state index >= 15 is 0 Å². The van der Waals surface area contributed by atoms with E-state index in [-0.39, 0.29) is 11.9 Å². The number of fused-ring (bicyclic) bond motifs is 1. The third-order valence-electron chi connectivity index (χ3n) is 3.72. The molecule has 0 unspecified atom stereocenters. The predicted octanol–water partition coefficient (Wildman–Crippen LogP) is 1.84. The van der Waals surface area contributed by atoms with Gasteiger partial charge in [-0.1, -0.05) is 0 Å². The second-order valence-corrected chi connectivity index (χ2v) is 5.57. The SMILES string of the molecule is COc1ccc(-c2cnc3nc(NC(C)=O)nc(-c4ncn[nH]4)c3n2)cc1. The number of ether oxygens (including phenoxy) is 1. The van der Waals surface area contributed by atoms with Crippen LogP contribution in [0.5, 0.6) is 5.75 Å². The van der Waals surface area contributed by atoms with E-state index in [2.05, 4.69) is 40.4 Å². The molecule has 10 nitrogen and oxygen atoms in total. The second kappa shape index (κ2) is 6.75. The number of H-pyrrole nitrogens is 1. The van der Waals surface area contributed by atoms with Gasteiger partial charge >= 0.3 is 0 Å². The molecule has 1 amide bonds. The van der Waals surface area contributed by atoms with Crippen LogP contribution in [0.15, 0.2) is 36.8 Å². The predicted molar refractivity (Wildman–Crippen MR) is 96.8 cm³/mol. The van der Waals surface area contributed by atoms with Gasteiger partial charge in [-0.2, -0.15) is 10.1 Å². The molecule has 2 N–H and O–H groups in total. The fourth-order valence-corrected chi connectivity index (χ4v) is 2.51. The molecule has 3 aromatic heterocycles. The van der Waals surface area contributed by atoms with Crippen LogP contribution >= 0.6 is 0 Å². The number of benzene rings is 1. The number of methoxy groups -OCH3 is 1. The first-order valence-electron chi connectivity index (χ1n) is 7.96. The van der Waals surface area contributed by atoms with Gasteiger partial charge < -0.3 is 4.74 Å². The van der Waals surface area contributed by atoms with Crippen LogP contribution in [-0.4, -0.2) is 48.1 Å². The van der Waals surface area contributed by atoms with Crippen LogP contribution in [0.2, 0.25) is 0 Å². The quantitative estimate of drug-likeness (QED) is 0.562. The molecular weight excluding hydrogens is 348 g/mol. The zero-order valence-corrected chi connectivity index (χ0v) is 14.5. The lowest BCUT2D eigenvalue weighted by Gasteiger charge is -2.08. The Labute approximate surface area is 153 Å². The van der Waals surface area contributed by atoms with E-state index < -0.39 is 0 Å². The summed E-state index contributed by atoms with van der Waals surface area (Å²) >= 11 is 0. The molecule has 134 valence electrons. The monoisotopic (exact) mass is 362 g/mol. The third kappa shape index (κ3) is 3.27. The van der Waals surface area contributed by atoms with Crippen LogP contribution in [0.4, 0.5) is 5.95 Å². The average molecular weight is 362 g/mol. The summed E-state index contributed by atoms with van der Waals surface area (Å²) in [6.07, 6.45) is 2.97. The van der Waals surface area contributed by atoms with E-state index in [0.29, 0.717) is 28.4 Å². The van der Waals surface area contributed by atoms with Gasteiger partial charge in [-0.25, -0.2) is 19.9 Å². The molecule has 27 heavy (non-hydrogen) atoms. The maximum atomic E-state index is 11.4. The number of hydrogen-bond donors (Lipinski definition) is 2. The van der Waals surface area contributed by atoms with Crippen molar-refractivity contribution >= 4 is 23.0 Å². The van der Waals surface area contributed by atoms with Crippen molar-refractivity contribution in [2.45, 2.75) is 6.92 Å². The van der Waals surface area contributed by atoms with Crippen molar-refractivity contribution in [1.29, 1.82) is 0 Å². The normalized spacial score (nSPS) is 10.7. The van der Waals surface area contributed by atoms with Gasteiger partial charge in [-0.05, 0) is 24.3 Å². The zero-order chi connectivity index (χ0) is 18.8. The molecule has 0 spiro atoms. The van der Waals surface area contributed by atoms with Crippen LogP contribution in [0.3, 0.4) is 0 Å². The molecule has 0 aliphatic carbocycles. The highest BCUT2D eigenvalue weighted by Crippen LogP contribution is 2.26. The summed E-state index contributed by atoms with van der Waals surface area (Å²) in [5.74, 6) is 0.974. The standard InChI is InChI=1S/C17H14N8O2/c1-9(26)21-17-23-14(16-19-8-20-25-16)13-15(24-17)18-7-12(22-13)10-3-5-11(27-2)6-4-10/h3-8H,1-2H3,(H,19,20,25)(H,18,21,23,24,26). The van der Waals surface area contributed by atoms with Crippen molar-refractivity contribution in [2.75, 3.05) is 12.4 Å². The van der Waals surface area contributed by atoms with Gasteiger partial charge in [-0.3, -0.25) is 15.2 Å². The van der Waals surface area contributed by atoms with Crippen molar-refractivity contribution in [2.24, 2.45) is 0 Å². The van der Waals surface area contributed by atoms with Gasteiger partial charge in [0.1, 0.15) is 23.3 Å². The third-order valence-corrected chi connectivity index (χ3v) is 3.72. The minimum absolute atomic E-state index is 0.118. The number of carbonyl (C=O) groups excluding carboxylic acids is 1. The Bertz CT molecular complexity index is 1110. The smallest absolute Gasteiger partial charge is 0.232 e. The number of aromatic nitrogens is 7. The fourth-order valence-electron chi connectivity index (χ4n) is 2.51. The Kier molecular flexibility index (Phi) is 4.13. The number of nitrogens with one attached hydrogen (secondary N) is 2. The Morgan fingerprint density at radius 3 is 2.59 bits per heavy atom. The van der Waals surface area contributed by atoms with E-state index in [1.807, 2.05) is 24.3 Å². The minimum Gasteiger partial charge on any atom is -0.497 e. The molecule has 0 atom stereocenters. The zero-order valence-electron chi connectivity index (χ0n) is 14.5. The Morgan fingerprint density at radius 1 is 1.11 bits per heavy atom. The van der Waals surface area contributed by atoms with Gasteiger partial charge in [0.05, 0.1) is 19.0 Å². The molecule has 0 saturated heterocycles. The lowest BCUT2D eigenvalue weighted by Crippen LogP contribution is -2.11. The number of rotatable bonds is 4. The Morgan fingerprint density at radius 2 is 1.93 bits per heavy atom. The summed E-state index contributed by atoms with van der Waals surface area (Å²) in [4.78, 5) is 33.1. The summed E-state index contributed by atoms with van der Waals surface area (Å²) < 4.78 is 5.18. The van der Waals surface area contributed by atoms with E-state index in [1.54, 1.807) is 13.3 Å². The van der Waals surface area contributed by atoms with Crippen molar-refractivity contribution in [3.05, 3.63) is 36.8 Å². The molecule has 0 bridgehead atoms. The lowest BCUT2D eigenvalue weighted by molar-refractivity contribution is -0.114. The van der Waals surface area contributed by atoms with E-state index in [1.165, 1.54) is 13.3 Å². The van der Waals surface area contributed by atoms with Crippen LogP contribution in [-0.2, 0) is 4.79 Å². The van der Waals surface area contributed by atoms with Gasteiger partial charge in [-0.15, -0.1) is 0 Å². The van der Waals surface area contributed by atoms with Crippen LogP contribution < -0.4 is 10.1 Å². The van der Waals surface area contributed by atoms with Crippen molar-refractivity contribution < 1.29 is 9.53 Å². The highest BCUT2D eigenvalue weighted by atomic mass is 16.5. The molecule has 10 heteroatoms. The molecule has 4 aromatic rings. The molecule has 0 fully saturated rings. The molecule has 0 aliphatic rings. The summed E-state index contributed by atoms with van der Waals surface area (Å²) in [5.41, 5.74) is 2.66. The Hall–Kier alpha value is -3.95. The average Bonchev–Trinajstić information content (AvgIpc) is 3.21. The maximum Gasteiger partial charge on any atom is 0.232 e. The summed E-state index contributed by atoms with van der Waals surface area (Å²) in [6, 6.07) is 7.45.